The maximum absolute atomic E-state index is 14.0. The minimum atomic E-state index is -0.388. The molecule has 0 amide bonds. The van der Waals surface area contributed by atoms with Crippen molar-refractivity contribution in [3.8, 4) is 11.1 Å². The van der Waals surface area contributed by atoms with Crippen LogP contribution in [0.15, 0.2) is 36.5 Å². The van der Waals surface area contributed by atoms with E-state index in [-0.39, 0.29) is 5.82 Å². The number of nitrogen functional groups attached to an aromatic ring is 1. The third-order valence-electron chi connectivity index (χ3n) is 3.14. The minimum Gasteiger partial charge on any atom is -0.398 e. The lowest BCUT2D eigenvalue weighted by Crippen LogP contribution is -1.94. The first kappa shape index (κ1) is 12.0. The van der Waals surface area contributed by atoms with Gasteiger partial charge in [-0.25, -0.2) is 4.39 Å². The van der Waals surface area contributed by atoms with Gasteiger partial charge >= 0.3 is 0 Å². The fourth-order valence-electron chi connectivity index (χ4n) is 2.16. The van der Waals surface area contributed by atoms with E-state index in [9.17, 15) is 4.39 Å². The van der Waals surface area contributed by atoms with Gasteiger partial charge in [-0.15, -0.1) is 0 Å². The van der Waals surface area contributed by atoms with Gasteiger partial charge in [0.15, 0.2) is 0 Å². The highest BCUT2D eigenvalue weighted by atomic mass is 35.5. The second-order valence-electron chi connectivity index (χ2n) is 4.39. The van der Waals surface area contributed by atoms with Crippen molar-refractivity contribution in [2.45, 2.75) is 0 Å². The molecule has 0 aliphatic carbocycles. The summed E-state index contributed by atoms with van der Waals surface area (Å²) in [6.45, 7) is 0. The molecule has 0 radical (unpaired) electrons. The van der Waals surface area contributed by atoms with E-state index in [0.29, 0.717) is 21.8 Å². The molecule has 3 nitrogen and oxygen atoms in total. The summed E-state index contributed by atoms with van der Waals surface area (Å²) < 4.78 is 15.7. The first-order valence-corrected chi connectivity index (χ1v) is 6.11. The Morgan fingerprint density at radius 1 is 1.21 bits per heavy atom. The molecule has 3 rings (SSSR count). The Kier molecular flexibility index (Phi) is 2.68. The summed E-state index contributed by atoms with van der Waals surface area (Å²) in [5, 5.41) is 5.45. The highest BCUT2D eigenvalue weighted by Crippen LogP contribution is 2.33. The number of benzene rings is 2. The Balaban J connectivity index is 2.29. The van der Waals surface area contributed by atoms with Crippen LogP contribution in [0.3, 0.4) is 0 Å². The van der Waals surface area contributed by atoms with E-state index in [2.05, 4.69) is 5.10 Å². The fourth-order valence-corrected chi connectivity index (χ4v) is 2.32. The SMILES string of the molecule is Cn1ncc2cc(N)c(-c3ccc(Cl)cc3F)cc21. The van der Waals surface area contributed by atoms with Gasteiger partial charge in [0.25, 0.3) is 0 Å². The van der Waals surface area contributed by atoms with Crippen LogP contribution in [0.4, 0.5) is 10.1 Å². The molecule has 0 aliphatic heterocycles. The van der Waals surface area contributed by atoms with E-state index >= 15 is 0 Å². The largest absolute Gasteiger partial charge is 0.398 e. The fraction of sp³-hybridized carbons (Fsp3) is 0.0714. The molecule has 19 heavy (non-hydrogen) atoms. The molecular weight excluding hydrogens is 265 g/mol. The number of nitrogens with zero attached hydrogens (tertiary/aromatic N) is 2. The molecule has 5 heteroatoms. The van der Waals surface area contributed by atoms with Crippen LogP contribution in [0.2, 0.25) is 5.02 Å². The molecule has 0 atom stereocenters. The summed E-state index contributed by atoms with van der Waals surface area (Å²) in [5.74, 6) is -0.388. The average molecular weight is 276 g/mol. The monoisotopic (exact) mass is 275 g/mol. The molecule has 0 unspecified atom stereocenters. The Morgan fingerprint density at radius 2 is 2.00 bits per heavy atom. The average Bonchev–Trinajstić information content (AvgIpc) is 2.70. The van der Waals surface area contributed by atoms with Crippen molar-refractivity contribution in [1.29, 1.82) is 0 Å². The molecule has 0 saturated carbocycles. The van der Waals surface area contributed by atoms with E-state index in [1.165, 1.54) is 6.07 Å². The van der Waals surface area contributed by atoms with Crippen molar-refractivity contribution in [2.75, 3.05) is 5.73 Å². The molecule has 0 bridgehead atoms. The molecule has 96 valence electrons. The predicted molar refractivity (Wildman–Crippen MR) is 75.5 cm³/mol. The van der Waals surface area contributed by atoms with Crippen molar-refractivity contribution in [3.63, 3.8) is 0 Å². The molecule has 0 aliphatic rings. The van der Waals surface area contributed by atoms with Crippen LogP contribution >= 0.6 is 11.6 Å². The van der Waals surface area contributed by atoms with Crippen molar-refractivity contribution in [2.24, 2.45) is 7.05 Å². The first-order valence-electron chi connectivity index (χ1n) is 5.73. The third-order valence-corrected chi connectivity index (χ3v) is 3.37. The minimum absolute atomic E-state index is 0.362. The van der Waals surface area contributed by atoms with Crippen molar-refractivity contribution in [1.82, 2.24) is 9.78 Å². The van der Waals surface area contributed by atoms with Gasteiger partial charge in [-0.2, -0.15) is 5.10 Å². The van der Waals surface area contributed by atoms with Crippen LogP contribution in [-0.2, 0) is 7.05 Å². The molecule has 2 N–H and O–H groups in total. The Labute approximate surface area is 114 Å². The lowest BCUT2D eigenvalue weighted by atomic mass is 10.0. The zero-order valence-electron chi connectivity index (χ0n) is 10.2. The number of aryl methyl sites for hydroxylation is 1. The van der Waals surface area contributed by atoms with Crippen LogP contribution in [-0.4, -0.2) is 9.78 Å². The maximum atomic E-state index is 14.0. The van der Waals surface area contributed by atoms with Crippen molar-refractivity contribution < 1.29 is 4.39 Å². The lowest BCUT2D eigenvalue weighted by molar-refractivity contribution is 0.631. The van der Waals surface area contributed by atoms with E-state index in [1.54, 1.807) is 29.1 Å². The number of nitrogens with two attached hydrogens (primary N) is 1. The van der Waals surface area contributed by atoms with E-state index in [1.807, 2.05) is 13.1 Å². The molecule has 0 spiro atoms. The third kappa shape index (κ3) is 1.94. The molecular formula is C14H11ClFN3. The Bertz CT molecular complexity index is 780. The number of aromatic nitrogens is 2. The molecule has 1 aromatic heterocycles. The second kappa shape index (κ2) is 4.24. The highest BCUT2D eigenvalue weighted by Gasteiger charge is 2.11. The van der Waals surface area contributed by atoms with Gasteiger partial charge in [-0.3, -0.25) is 4.68 Å². The van der Waals surface area contributed by atoms with E-state index < -0.39 is 0 Å². The number of hydrogen-bond donors (Lipinski definition) is 1. The van der Waals surface area contributed by atoms with E-state index in [0.717, 1.165) is 10.9 Å². The van der Waals surface area contributed by atoms with Gasteiger partial charge in [0.2, 0.25) is 0 Å². The van der Waals surface area contributed by atoms with Crippen LogP contribution in [0.25, 0.3) is 22.0 Å². The summed E-state index contributed by atoms with van der Waals surface area (Å²) in [6.07, 6.45) is 1.73. The zero-order valence-corrected chi connectivity index (χ0v) is 10.9. The van der Waals surface area contributed by atoms with Gasteiger partial charge < -0.3 is 5.73 Å². The van der Waals surface area contributed by atoms with Crippen molar-refractivity contribution in [3.05, 3.63) is 47.4 Å². The Hall–Kier alpha value is -2.07. The molecule has 1 heterocycles. The summed E-state index contributed by atoms with van der Waals surface area (Å²) in [7, 11) is 1.83. The zero-order chi connectivity index (χ0) is 13.6. The van der Waals surface area contributed by atoms with Crippen molar-refractivity contribution >= 4 is 28.2 Å². The van der Waals surface area contributed by atoms with Crippen LogP contribution in [0.5, 0.6) is 0 Å². The second-order valence-corrected chi connectivity index (χ2v) is 4.83. The molecule has 2 aromatic carbocycles. The van der Waals surface area contributed by atoms with Gasteiger partial charge in [0.05, 0.1) is 11.7 Å². The number of fused-ring (bicyclic) bond motifs is 1. The number of hydrogen-bond acceptors (Lipinski definition) is 2. The van der Waals surface area contributed by atoms with Crippen LogP contribution in [0, 0.1) is 5.82 Å². The predicted octanol–water partition coefficient (Wildman–Crippen LogP) is 3.62. The molecule has 0 saturated heterocycles. The molecule has 3 aromatic rings. The summed E-state index contributed by atoms with van der Waals surface area (Å²) in [6, 6.07) is 8.19. The number of halogens is 2. The summed E-state index contributed by atoms with van der Waals surface area (Å²) in [4.78, 5) is 0. The van der Waals surface area contributed by atoms with Gasteiger partial charge in [0, 0.05) is 34.3 Å². The lowest BCUT2D eigenvalue weighted by Gasteiger charge is -2.08. The molecule has 0 fully saturated rings. The smallest absolute Gasteiger partial charge is 0.132 e. The summed E-state index contributed by atoms with van der Waals surface area (Å²) >= 11 is 5.76. The quantitative estimate of drug-likeness (QED) is 0.690. The topological polar surface area (TPSA) is 43.8 Å². The van der Waals surface area contributed by atoms with Gasteiger partial charge in [-0.1, -0.05) is 11.6 Å². The van der Waals surface area contributed by atoms with Crippen LogP contribution in [0.1, 0.15) is 0 Å². The first-order chi connectivity index (χ1) is 9.06. The van der Waals surface area contributed by atoms with Gasteiger partial charge in [-0.05, 0) is 30.3 Å². The highest BCUT2D eigenvalue weighted by molar-refractivity contribution is 6.30. The Morgan fingerprint density at radius 3 is 2.74 bits per heavy atom. The van der Waals surface area contributed by atoms with E-state index in [4.69, 9.17) is 17.3 Å². The van der Waals surface area contributed by atoms with Gasteiger partial charge in [0.1, 0.15) is 5.82 Å². The normalized spacial score (nSPS) is 11.1. The van der Waals surface area contributed by atoms with Crippen LogP contribution < -0.4 is 5.73 Å². The number of rotatable bonds is 1. The summed E-state index contributed by atoms with van der Waals surface area (Å²) in [5.41, 5.74) is 8.49. The standard InChI is InChI=1S/C14H11ClFN3/c1-19-14-6-11(13(17)4-8(14)7-18-19)10-3-2-9(15)5-12(10)16/h2-7H,17H2,1H3. The maximum Gasteiger partial charge on any atom is 0.132 e. The number of anilines is 1.